The number of aryl methyl sites for hydroxylation is 1. The first-order valence-electron chi connectivity index (χ1n) is 5.74. The molecule has 2 aromatic carbocycles. The largest absolute Gasteiger partial charge is 0.398 e. The summed E-state index contributed by atoms with van der Waals surface area (Å²) in [5.41, 5.74) is 10.9. The number of nitrogens with zero attached hydrogens (tertiary/aromatic N) is 1. The number of halogens is 1. The van der Waals surface area contributed by atoms with E-state index in [1.165, 1.54) is 5.56 Å². The van der Waals surface area contributed by atoms with Gasteiger partial charge in [-0.1, -0.05) is 24.3 Å². The van der Waals surface area contributed by atoms with E-state index in [2.05, 4.69) is 46.6 Å². The van der Waals surface area contributed by atoms with Gasteiger partial charge in [0.1, 0.15) is 0 Å². The normalized spacial score (nSPS) is 11.6. The van der Waals surface area contributed by atoms with Gasteiger partial charge in [0, 0.05) is 20.5 Å². The molecule has 18 heavy (non-hydrogen) atoms. The zero-order valence-electron chi connectivity index (χ0n) is 10.4. The van der Waals surface area contributed by atoms with E-state index in [0.717, 1.165) is 26.2 Å². The fraction of sp³-hybridized carbons (Fsp3) is 0.133. The second kappa shape index (κ2) is 5.52. The van der Waals surface area contributed by atoms with E-state index in [0.29, 0.717) is 0 Å². The van der Waals surface area contributed by atoms with Crippen molar-refractivity contribution in [1.82, 2.24) is 0 Å². The summed E-state index contributed by atoms with van der Waals surface area (Å²) < 4.78 is 1.15. The van der Waals surface area contributed by atoms with E-state index < -0.39 is 0 Å². The molecule has 0 aromatic heterocycles. The van der Waals surface area contributed by atoms with Crippen LogP contribution in [0.15, 0.2) is 47.5 Å². The Morgan fingerprint density at radius 1 is 1.17 bits per heavy atom. The molecule has 3 heteroatoms. The zero-order valence-corrected chi connectivity index (χ0v) is 12.6. The molecule has 0 aliphatic heterocycles. The summed E-state index contributed by atoms with van der Waals surface area (Å²) in [6.07, 6.45) is 0. The maximum Gasteiger partial charge on any atom is 0.0766 e. The molecule has 0 aliphatic carbocycles. The van der Waals surface area contributed by atoms with Gasteiger partial charge in [0.2, 0.25) is 0 Å². The van der Waals surface area contributed by atoms with Gasteiger partial charge in [-0.25, -0.2) is 0 Å². The smallest absolute Gasteiger partial charge is 0.0766 e. The van der Waals surface area contributed by atoms with Crippen LogP contribution in [0.1, 0.15) is 18.1 Å². The molecule has 92 valence electrons. The quantitative estimate of drug-likeness (QED) is 0.489. The summed E-state index contributed by atoms with van der Waals surface area (Å²) in [7, 11) is 0. The summed E-state index contributed by atoms with van der Waals surface area (Å²) in [5, 5.41) is 0. The first-order chi connectivity index (χ1) is 8.58. The van der Waals surface area contributed by atoms with Crippen molar-refractivity contribution in [2.75, 3.05) is 5.73 Å². The van der Waals surface area contributed by atoms with Crippen LogP contribution in [0.4, 0.5) is 11.4 Å². The Morgan fingerprint density at radius 3 is 2.56 bits per heavy atom. The Bertz CT molecular complexity index is 603. The second-order valence-electron chi connectivity index (χ2n) is 4.24. The van der Waals surface area contributed by atoms with Crippen LogP contribution >= 0.6 is 22.6 Å². The Morgan fingerprint density at radius 2 is 1.89 bits per heavy atom. The highest BCUT2D eigenvalue weighted by Gasteiger charge is 2.03. The third kappa shape index (κ3) is 2.90. The van der Waals surface area contributed by atoms with Crippen LogP contribution in [0, 0.1) is 10.5 Å². The number of anilines is 1. The molecule has 0 heterocycles. The average molecular weight is 350 g/mol. The average Bonchev–Trinajstić information content (AvgIpc) is 2.33. The lowest BCUT2D eigenvalue weighted by Crippen LogP contribution is -2.00. The Kier molecular flexibility index (Phi) is 4.01. The number of nitrogens with two attached hydrogens (primary N) is 1. The number of rotatable bonds is 2. The third-order valence-corrected chi connectivity index (χ3v) is 3.61. The number of aliphatic imine (C=N–C) groups is 1. The monoisotopic (exact) mass is 350 g/mol. The topological polar surface area (TPSA) is 38.4 Å². The molecule has 2 aromatic rings. The molecule has 0 unspecified atom stereocenters. The second-order valence-corrected chi connectivity index (χ2v) is 5.40. The molecule has 2 nitrogen and oxygen atoms in total. The molecule has 0 spiro atoms. The van der Waals surface area contributed by atoms with Crippen LogP contribution in [0.25, 0.3) is 0 Å². The minimum atomic E-state index is 0.765. The molecule has 0 radical (unpaired) electrons. The predicted octanol–water partition coefficient (Wildman–Crippen LogP) is 4.32. The number of hydrogen-bond donors (Lipinski definition) is 1. The van der Waals surface area contributed by atoms with Crippen molar-refractivity contribution in [3.05, 3.63) is 57.2 Å². The highest BCUT2D eigenvalue weighted by Crippen LogP contribution is 2.24. The van der Waals surface area contributed by atoms with Gasteiger partial charge in [0.05, 0.1) is 5.69 Å². The number of para-hydroxylation sites is 1. The van der Waals surface area contributed by atoms with Gasteiger partial charge in [0.15, 0.2) is 0 Å². The van der Waals surface area contributed by atoms with Gasteiger partial charge < -0.3 is 5.73 Å². The molecule has 0 bridgehead atoms. The minimum absolute atomic E-state index is 0.765. The van der Waals surface area contributed by atoms with E-state index in [9.17, 15) is 0 Å². The third-order valence-electron chi connectivity index (χ3n) is 2.74. The van der Waals surface area contributed by atoms with Crippen molar-refractivity contribution in [3.8, 4) is 0 Å². The first kappa shape index (κ1) is 13.1. The highest BCUT2D eigenvalue weighted by atomic mass is 127. The molecule has 0 atom stereocenters. The van der Waals surface area contributed by atoms with Crippen LogP contribution < -0.4 is 5.73 Å². The van der Waals surface area contributed by atoms with E-state index in [4.69, 9.17) is 5.73 Å². The Hall–Kier alpha value is -1.36. The van der Waals surface area contributed by atoms with E-state index in [1.807, 2.05) is 37.3 Å². The van der Waals surface area contributed by atoms with Gasteiger partial charge in [-0.15, -0.1) is 0 Å². The number of benzene rings is 2. The lowest BCUT2D eigenvalue weighted by atomic mass is 10.1. The molecular formula is C15H15IN2. The summed E-state index contributed by atoms with van der Waals surface area (Å²) in [6.45, 7) is 4.07. The van der Waals surface area contributed by atoms with Crippen molar-refractivity contribution in [2.24, 2.45) is 4.99 Å². The lowest BCUT2D eigenvalue weighted by molar-refractivity contribution is 1.39. The van der Waals surface area contributed by atoms with E-state index in [1.54, 1.807) is 0 Å². The maximum absolute atomic E-state index is 5.95. The van der Waals surface area contributed by atoms with Crippen molar-refractivity contribution < 1.29 is 0 Å². The van der Waals surface area contributed by atoms with Crippen molar-refractivity contribution in [1.29, 1.82) is 0 Å². The van der Waals surface area contributed by atoms with Crippen LogP contribution in [0.2, 0.25) is 0 Å². The highest BCUT2D eigenvalue weighted by molar-refractivity contribution is 14.1. The van der Waals surface area contributed by atoms with Crippen molar-refractivity contribution in [3.63, 3.8) is 0 Å². The van der Waals surface area contributed by atoms with Crippen LogP contribution in [0.3, 0.4) is 0 Å². The zero-order chi connectivity index (χ0) is 13.1. The Balaban J connectivity index is 2.42. The predicted molar refractivity (Wildman–Crippen MR) is 86.6 cm³/mol. The molecule has 2 rings (SSSR count). The summed E-state index contributed by atoms with van der Waals surface area (Å²) in [5.74, 6) is 0. The van der Waals surface area contributed by atoms with Crippen LogP contribution in [-0.4, -0.2) is 5.71 Å². The van der Waals surface area contributed by atoms with Gasteiger partial charge in [0.25, 0.3) is 0 Å². The summed E-state index contributed by atoms with van der Waals surface area (Å²) >= 11 is 2.31. The van der Waals surface area contributed by atoms with Gasteiger partial charge >= 0.3 is 0 Å². The van der Waals surface area contributed by atoms with Gasteiger partial charge in [-0.2, -0.15) is 0 Å². The first-order valence-corrected chi connectivity index (χ1v) is 6.82. The summed E-state index contributed by atoms with van der Waals surface area (Å²) in [4.78, 5) is 4.66. The Labute approximate surface area is 121 Å². The molecular weight excluding hydrogens is 335 g/mol. The van der Waals surface area contributed by atoms with Gasteiger partial charge in [-0.3, -0.25) is 4.99 Å². The van der Waals surface area contributed by atoms with Crippen molar-refractivity contribution in [2.45, 2.75) is 13.8 Å². The fourth-order valence-corrected chi connectivity index (χ4v) is 2.56. The van der Waals surface area contributed by atoms with E-state index in [-0.39, 0.29) is 0 Å². The maximum atomic E-state index is 5.95. The number of hydrogen-bond acceptors (Lipinski definition) is 2. The van der Waals surface area contributed by atoms with Crippen LogP contribution in [0.5, 0.6) is 0 Å². The minimum Gasteiger partial charge on any atom is -0.398 e. The number of nitrogen functional groups attached to an aromatic ring is 1. The van der Waals surface area contributed by atoms with Crippen molar-refractivity contribution >= 4 is 39.7 Å². The fourth-order valence-electron chi connectivity index (χ4n) is 1.77. The molecule has 0 saturated carbocycles. The van der Waals surface area contributed by atoms with Gasteiger partial charge in [-0.05, 0) is 60.2 Å². The molecule has 0 aliphatic rings. The summed E-state index contributed by atoms with van der Waals surface area (Å²) in [6, 6.07) is 14.0. The molecule has 0 saturated heterocycles. The molecule has 2 N–H and O–H groups in total. The van der Waals surface area contributed by atoms with E-state index >= 15 is 0 Å². The molecule has 0 amide bonds. The lowest BCUT2D eigenvalue weighted by Gasteiger charge is -2.06. The standard InChI is InChI=1S/C15H15IN2/c1-10-7-8-15(13(16)9-10)18-11(2)12-5-3-4-6-14(12)17/h3-9H,17H2,1-2H3. The van der Waals surface area contributed by atoms with Crippen LogP contribution in [-0.2, 0) is 0 Å². The molecule has 0 fully saturated rings. The SMILES string of the molecule is CC(=Nc1ccc(C)cc1I)c1ccccc1N.